The number of rotatable bonds is 6. The number of sulfonamides is 1. The van der Waals surface area contributed by atoms with Crippen molar-refractivity contribution in [2.24, 2.45) is 0 Å². The fraction of sp³-hybridized carbons (Fsp3) is 0.571. The number of likely N-dealkylation sites (N-methyl/N-ethyl adjacent to an activating group) is 1. The molecule has 9 heteroatoms. The molecule has 1 heterocycles. The molecule has 0 aromatic heterocycles. The SMILES string of the molecule is CN(C)CCN([C@H]1CCS(=O)(=O)C1)S(=O)(=O)c1ccc(Cl)cc1. The van der Waals surface area contributed by atoms with Crippen LogP contribution in [0.1, 0.15) is 6.42 Å². The van der Waals surface area contributed by atoms with E-state index in [-0.39, 0.29) is 22.9 Å². The number of hydrogen-bond donors (Lipinski definition) is 0. The Hall–Kier alpha value is -0.670. The van der Waals surface area contributed by atoms with Gasteiger partial charge in [-0.2, -0.15) is 4.31 Å². The molecule has 2 rings (SSSR count). The monoisotopic (exact) mass is 380 g/mol. The first kappa shape index (κ1) is 18.7. The summed E-state index contributed by atoms with van der Waals surface area (Å²) in [6, 6.07) is 5.42. The van der Waals surface area contributed by atoms with Crippen LogP contribution in [-0.4, -0.2) is 70.8 Å². The lowest BCUT2D eigenvalue weighted by atomic mass is 10.2. The summed E-state index contributed by atoms with van der Waals surface area (Å²) in [6.07, 6.45) is 0.336. The Morgan fingerprint density at radius 2 is 1.78 bits per heavy atom. The number of sulfone groups is 1. The first-order valence-corrected chi connectivity index (χ1v) is 10.9. The van der Waals surface area contributed by atoms with Crippen molar-refractivity contribution in [3.05, 3.63) is 29.3 Å². The van der Waals surface area contributed by atoms with Gasteiger partial charge < -0.3 is 4.90 Å². The predicted octanol–water partition coefficient (Wildman–Crippen LogP) is 1.08. The first-order chi connectivity index (χ1) is 10.6. The van der Waals surface area contributed by atoms with Gasteiger partial charge in [0.15, 0.2) is 9.84 Å². The van der Waals surface area contributed by atoms with E-state index in [1.165, 1.54) is 28.6 Å². The third kappa shape index (κ3) is 4.67. The van der Waals surface area contributed by atoms with E-state index in [0.717, 1.165) is 0 Å². The molecule has 23 heavy (non-hydrogen) atoms. The Balaban J connectivity index is 2.33. The maximum Gasteiger partial charge on any atom is 0.243 e. The maximum atomic E-state index is 12.9. The standard InChI is InChI=1S/C14H21ClN2O4S2/c1-16(2)8-9-17(13-7-10-22(18,19)11-13)23(20,21)14-5-3-12(15)4-6-14/h3-6,13H,7-11H2,1-2H3/t13-/m0/s1. The summed E-state index contributed by atoms with van der Waals surface area (Å²) in [5.74, 6) is -0.0838. The van der Waals surface area contributed by atoms with Crippen LogP contribution in [0.25, 0.3) is 0 Å². The molecular weight excluding hydrogens is 360 g/mol. The van der Waals surface area contributed by atoms with Crippen molar-refractivity contribution in [3.63, 3.8) is 0 Å². The molecule has 1 fully saturated rings. The van der Waals surface area contributed by atoms with Gasteiger partial charge in [-0.3, -0.25) is 0 Å². The second-order valence-corrected chi connectivity index (χ2v) is 10.5. The van der Waals surface area contributed by atoms with Gasteiger partial charge >= 0.3 is 0 Å². The van der Waals surface area contributed by atoms with Gasteiger partial charge in [0.2, 0.25) is 10.0 Å². The zero-order valence-corrected chi connectivity index (χ0v) is 15.5. The molecule has 0 unspecified atom stereocenters. The Morgan fingerprint density at radius 3 is 2.26 bits per heavy atom. The fourth-order valence-corrected chi connectivity index (χ4v) is 6.14. The number of benzene rings is 1. The van der Waals surface area contributed by atoms with E-state index < -0.39 is 25.9 Å². The van der Waals surface area contributed by atoms with Gasteiger partial charge in [-0.1, -0.05) is 11.6 Å². The van der Waals surface area contributed by atoms with Crippen LogP contribution < -0.4 is 0 Å². The van der Waals surface area contributed by atoms with Gasteiger partial charge in [0, 0.05) is 24.2 Å². The van der Waals surface area contributed by atoms with Crippen molar-refractivity contribution >= 4 is 31.5 Å². The lowest BCUT2D eigenvalue weighted by Crippen LogP contribution is -2.44. The molecule has 1 aliphatic rings. The van der Waals surface area contributed by atoms with Crippen LogP contribution in [0.3, 0.4) is 0 Å². The van der Waals surface area contributed by atoms with Crippen molar-refractivity contribution in [3.8, 4) is 0 Å². The van der Waals surface area contributed by atoms with Gasteiger partial charge in [-0.25, -0.2) is 16.8 Å². The van der Waals surface area contributed by atoms with E-state index in [4.69, 9.17) is 11.6 Å². The Morgan fingerprint density at radius 1 is 1.17 bits per heavy atom. The average molecular weight is 381 g/mol. The highest BCUT2D eigenvalue weighted by Crippen LogP contribution is 2.25. The molecule has 0 aliphatic carbocycles. The van der Waals surface area contributed by atoms with E-state index in [0.29, 0.717) is 18.0 Å². The van der Waals surface area contributed by atoms with Gasteiger partial charge in [0.1, 0.15) is 0 Å². The Bertz CT molecular complexity index is 745. The third-order valence-corrected chi connectivity index (χ3v) is 7.77. The summed E-state index contributed by atoms with van der Waals surface area (Å²) in [7, 11) is -3.24. The molecule has 0 spiro atoms. The number of halogens is 1. The molecular formula is C14H21ClN2O4S2. The Kier molecular flexibility index (Phi) is 5.73. The summed E-state index contributed by atoms with van der Waals surface area (Å²) in [6.45, 7) is 0.765. The lowest BCUT2D eigenvalue weighted by molar-refractivity contribution is 0.293. The molecule has 1 aromatic carbocycles. The van der Waals surface area contributed by atoms with Crippen molar-refractivity contribution in [1.29, 1.82) is 0 Å². The molecule has 130 valence electrons. The number of nitrogens with zero attached hydrogens (tertiary/aromatic N) is 2. The quantitative estimate of drug-likeness (QED) is 0.738. The molecule has 0 saturated carbocycles. The minimum Gasteiger partial charge on any atom is -0.308 e. The first-order valence-electron chi connectivity index (χ1n) is 7.24. The van der Waals surface area contributed by atoms with E-state index in [2.05, 4.69) is 0 Å². The average Bonchev–Trinajstić information content (AvgIpc) is 2.79. The predicted molar refractivity (Wildman–Crippen MR) is 91.0 cm³/mol. The van der Waals surface area contributed by atoms with Crippen LogP contribution in [0.15, 0.2) is 29.2 Å². The van der Waals surface area contributed by atoms with Gasteiger partial charge in [0.05, 0.1) is 16.4 Å². The van der Waals surface area contributed by atoms with Crippen LogP contribution >= 0.6 is 11.6 Å². The highest BCUT2D eigenvalue weighted by Gasteiger charge is 2.38. The minimum atomic E-state index is -3.76. The van der Waals surface area contributed by atoms with E-state index in [1.807, 2.05) is 19.0 Å². The van der Waals surface area contributed by atoms with E-state index >= 15 is 0 Å². The summed E-state index contributed by atoms with van der Waals surface area (Å²) in [5.41, 5.74) is 0. The minimum absolute atomic E-state index is 0.0340. The molecule has 1 aromatic rings. The molecule has 0 bridgehead atoms. The second kappa shape index (κ2) is 7.06. The molecule has 1 saturated heterocycles. The summed E-state index contributed by atoms with van der Waals surface area (Å²) < 4.78 is 50.7. The van der Waals surface area contributed by atoms with Crippen LogP contribution in [0.4, 0.5) is 0 Å². The van der Waals surface area contributed by atoms with Crippen molar-refractivity contribution in [2.75, 3.05) is 38.7 Å². The molecule has 0 N–H and O–H groups in total. The normalized spacial score (nSPS) is 21.2. The van der Waals surface area contributed by atoms with Crippen LogP contribution in [0.2, 0.25) is 5.02 Å². The second-order valence-electron chi connectivity index (χ2n) is 5.93. The zero-order valence-electron chi connectivity index (χ0n) is 13.1. The maximum absolute atomic E-state index is 12.9. The van der Waals surface area contributed by atoms with Gasteiger partial charge in [-0.15, -0.1) is 0 Å². The largest absolute Gasteiger partial charge is 0.308 e. The molecule has 6 nitrogen and oxygen atoms in total. The summed E-state index contributed by atoms with van der Waals surface area (Å²) in [4.78, 5) is 2.00. The van der Waals surface area contributed by atoms with Crippen LogP contribution in [-0.2, 0) is 19.9 Å². The zero-order chi connectivity index (χ0) is 17.3. The highest BCUT2D eigenvalue weighted by atomic mass is 35.5. The van der Waals surface area contributed by atoms with Crippen LogP contribution in [0.5, 0.6) is 0 Å². The molecule has 1 atom stereocenters. The highest BCUT2D eigenvalue weighted by molar-refractivity contribution is 7.92. The van der Waals surface area contributed by atoms with Crippen molar-refractivity contribution < 1.29 is 16.8 Å². The molecule has 1 aliphatic heterocycles. The summed E-state index contributed by atoms with van der Waals surface area (Å²) in [5, 5.41) is 0.451. The van der Waals surface area contributed by atoms with E-state index in [9.17, 15) is 16.8 Å². The molecule has 0 amide bonds. The van der Waals surface area contributed by atoms with Crippen molar-refractivity contribution in [1.82, 2.24) is 9.21 Å². The smallest absolute Gasteiger partial charge is 0.243 e. The third-order valence-electron chi connectivity index (χ3n) is 3.80. The van der Waals surface area contributed by atoms with E-state index in [1.54, 1.807) is 0 Å². The fourth-order valence-electron chi connectivity index (χ4n) is 2.54. The molecule has 0 radical (unpaired) electrons. The van der Waals surface area contributed by atoms with Crippen LogP contribution in [0, 0.1) is 0 Å². The lowest BCUT2D eigenvalue weighted by Gasteiger charge is -2.28. The summed E-state index contributed by atoms with van der Waals surface area (Å²) >= 11 is 5.81. The number of hydrogen-bond acceptors (Lipinski definition) is 5. The van der Waals surface area contributed by atoms with Gasteiger partial charge in [-0.05, 0) is 44.8 Å². The Labute approximate surface area is 143 Å². The van der Waals surface area contributed by atoms with Crippen molar-refractivity contribution in [2.45, 2.75) is 17.4 Å². The van der Waals surface area contributed by atoms with Gasteiger partial charge in [0.25, 0.3) is 0 Å². The topological polar surface area (TPSA) is 74.8 Å².